The van der Waals surface area contributed by atoms with Crippen LogP contribution in [0.15, 0.2) is 18.2 Å². The predicted octanol–water partition coefficient (Wildman–Crippen LogP) is 2.45. The molecule has 0 atom stereocenters. The molecule has 1 saturated heterocycles. The number of nitrogens with one attached hydrogen (secondary N) is 1. The van der Waals surface area contributed by atoms with Gasteiger partial charge in [-0.15, -0.1) is 0 Å². The lowest BCUT2D eigenvalue weighted by Gasteiger charge is -2.40. The lowest BCUT2D eigenvalue weighted by Crippen LogP contribution is -2.50. The van der Waals surface area contributed by atoms with E-state index >= 15 is 0 Å². The summed E-state index contributed by atoms with van der Waals surface area (Å²) in [5.41, 5.74) is 3.27. The number of hydrogen-bond acceptors (Lipinski definition) is 3. The minimum atomic E-state index is 0.244. The summed E-state index contributed by atoms with van der Waals surface area (Å²) in [6.45, 7) is 6.31. The average molecular weight is 243 g/mol. The van der Waals surface area contributed by atoms with Gasteiger partial charge in [0.25, 0.3) is 0 Å². The van der Waals surface area contributed by atoms with Crippen molar-refractivity contribution in [2.75, 3.05) is 25.0 Å². The van der Waals surface area contributed by atoms with E-state index in [1.54, 1.807) is 0 Å². The van der Waals surface area contributed by atoms with Gasteiger partial charge in [0.05, 0.1) is 11.3 Å². The molecule has 1 aliphatic rings. The topological polar surface area (TPSA) is 39.1 Å². The van der Waals surface area contributed by atoms with Crippen LogP contribution in [0.5, 0.6) is 0 Å². The van der Waals surface area contributed by atoms with Gasteiger partial charge in [-0.05, 0) is 51.4 Å². The number of anilines is 1. The van der Waals surface area contributed by atoms with Crippen LogP contribution in [-0.4, -0.2) is 25.7 Å². The van der Waals surface area contributed by atoms with Gasteiger partial charge in [-0.2, -0.15) is 5.26 Å². The molecule has 1 aliphatic heterocycles. The summed E-state index contributed by atoms with van der Waals surface area (Å²) >= 11 is 0. The van der Waals surface area contributed by atoms with E-state index in [2.05, 4.69) is 35.3 Å². The van der Waals surface area contributed by atoms with Crippen molar-refractivity contribution in [3.05, 3.63) is 29.3 Å². The first-order valence-electron chi connectivity index (χ1n) is 6.52. The zero-order valence-corrected chi connectivity index (χ0v) is 11.5. The first kappa shape index (κ1) is 12.9. The number of nitrogens with zero attached hydrogens (tertiary/aromatic N) is 2. The first-order valence-corrected chi connectivity index (χ1v) is 6.52. The van der Waals surface area contributed by atoms with Crippen LogP contribution >= 0.6 is 0 Å². The van der Waals surface area contributed by atoms with Crippen LogP contribution in [0.1, 0.15) is 30.9 Å². The second kappa shape index (κ2) is 4.99. The molecule has 0 radical (unpaired) electrons. The van der Waals surface area contributed by atoms with Crippen molar-refractivity contribution in [2.45, 2.75) is 32.2 Å². The first-order chi connectivity index (χ1) is 8.58. The average Bonchev–Trinajstić information content (AvgIpc) is 2.40. The Bertz CT molecular complexity index is 465. The molecule has 1 N–H and O–H groups in total. The van der Waals surface area contributed by atoms with Crippen LogP contribution in [-0.2, 0) is 0 Å². The summed E-state index contributed by atoms with van der Waals surface area (Å²) in [5.74, 6) is 0. The van der Waals surface area contributed by atoms with Crippen LogP contribution in [0.25, 0.3) is 0 Å². The monoisotopic (exact) mass is 243 g/mol. The largest absolute Gasteiger partial charge is 0.370 e. The van der Waals surface area contributed by atoms with Gasteiger partial charge in [-0.1, -0.05) is 6.07 Å². The molecular formula is C15H21N3. The number of rotatable bonds is 2. The van der Waals surface area contributed by atoms with Gasteiger partial charge < -0.3 is 10.2 Å². The Morgan fingerprint density at radius 1 is 1.33 bits per heavy atom. The van der Waals surface area contributed by atoms with Gasteiger partial charge in [0.1, 0.15) is 6.07 Å². The van der Waals surface area contributed by atoms with Crippen LogP contribution in [0.3, 0.4) is 0 Å². The fraction of sp³-hybridized carbons (Fsp3) is 0.533. The third kappa shape index (κ3) is 2.49. The van der Waals surface area contributed by atoms with E-state index in [1.807, 2.05) is 20.0 Å². The summed E-state index contributed by atoms with van der Waals surface area (Å²) in [7, 11) is 2.03. The highest BCUT2D eigenvalue weighted by Crippen LogP contribution is 2.28. The molecule has 0 aliphatic carbocycles. The molecule has 18 heavy (non-hydrogen) atoms. The van der Waals surface area contributed by atoms with Gasteiger partial charge >= 0.3 is 0 Å². The van der Waals surface area contributed by atoms with Crippen LogP contribution in [0.2, 0.25) is 0 Å². The molecule has 3 heteroatoms. The molecule has 96 valence electrons. The van der Waals surface area contributed by atoms with E-state index in [0.717, 1.165) is 42.7 Å². The van der Waals surface area contributed by atoms with Crippen molar-refractivity contribution >= 4 is 5.69 Å². The zero-order valence-electron chi connectivity index (χ0n) is 11.5. The Morgan fingerprint density at radius 2 is 2.00 bits per heavy atom. The summed E-state index contributed by atoms with van der Waals surface area (Å²) in [4.78, 5) is 2.33. The van der Waals surface area contributed by atoms with Crippen molar-refractivity contribution in [1.82, 2.24) is 5.32 Å². The molecule has 0 bridgehead atoms. The maximum Gasteiger partial charge on any atom is 0.101 e. The Morgan fingerprint density at radius 3 is 2.56 bits per heavy atom. The minimum Gasteiger partial charge on any atom is -0.370 e. The zero-order chi connectivity index (χ0) is 13.2. The van der Waals surface area contributed by atoms with Gasteiger partial charge in [-0.25, -0.2) is 0 Å². The van der Waals surface area contributed by atoms with Gasteiger partial charge in [0.15, 0.2) is 0 Å². The van der Waals surface area contributed by atoms with E-state index in [0.29, 0.717) is 0 Å². The normalized spacial score (nSPS) is 18.4. The number of benzene rings is 1. The van der Waals surface area contributed by atoms with Crippen LogP contribution in [0, 0.1) is 18.3 Å². The molecule has 2 rings (SSSR count). The summed E-state index contributed by atoms with van der Waals surface area (Å²) in [6, 6.07) is 8.45. The van der Waals surface area contributed by atoms with E-state index in [4.69, 9.17) is 0 Å². The second-order valence-corrected chi connectivity index (χ2v) is 5.43. The summed E-state index contributed by atoms with van der Waals surface area (Å²) in [5, 5.41) is 12.6. The minimum absolute atomic E-state index is 0.244. The fourth-order valence-corrected chi connectivity index (χ4v) is 2.51. The van der Waals surface area contributed by atoms with Crippen LogP contribution in [0.4, 0.5) is 5.69 Å². The second-order valence-electron chi connectivity index (χ2n) is 5.43. The van der Waals surface area contributed by atoms with E-state index in [9.17, 15) is 5.26 Å². The number of nitriles is 1. The van der Waals surface area contributed by atoms with Crippen molar-refractivity contribution in [3.8, 4) is 6.07 Å². The van der Waals surface area contributed by atoms with Crippen molar-refractivity contribution in [2.24, 2.45) is 0 Å². The SMILES string of the molecule is CNC1(C)CCN(c2ccc(C)cc2C#N)CC1. The smallest absolute Gasteiger partial charge is 0.101 e. The van der Waals surface area contributed by atoms with E-state index < -0.39 is 0 Å². The molecule has 0 unspecified atom stereocenters. The molecule has 0 spiro atoms. The number of hydrogen-bond donors (Lipinski definition) is 1. The highest BCUT2D eigenvalue weighted by atomic mass is 15.2. The van der Waals surface area contributed by atoms with Crippen LogP contribution < -0.4 is 10.2 Å². The molecule has 3 nitrogen and oxygen atoms in total. The molecule has 1 fully saturated rings. The molecule has 0 aromatic heterocycles. The summed E-state index contributed by atoms with van der Waals surface area (Å²) in [6.07, 6.45) is 2.23. The molecule has 0 amide bonds. The highest BCUT2D eigenvalue weighted by Gasteiger charge is 2.28. The van der Waals surface area contributed by atoms with Gasteiger partial charge in [-0.3, -0.25) is 0 Å². The Hall–Kier alpha value is -1.53. The molecule has 1 aromatic rings. The third-order valence-electron chi connectivity index (χ3n) is 4.08. The van der Waals surface area contributed by atoms with Crippen molar-refractivity contribution in [3.63, 3.8) is 0 Å². The maximum absolute atomic E-state index is 9.23. The quantitative estimate of drug-likeness (QED) is 0.867. The van der Waals surface area contributed by atoms with Crippen molar-refractivity contribution in [1.29, 1.82) is 5.26 Å². The molecule has 0 saturated carbocycles. The standard InChI is InChI=1S/C15H21N3/c1-12-4-5-14(13(10-12)11-16)18-8-6-15(2,17-3)7-9-18/h4-5,10,17H,6-9H2,1-3H3. The van der Waals surface area contributed by atoms with E-state index in [-0.39, 0.29) is 5.54 Å². The number of piperidine rings is 1. The Kier molecular flexibility index (Phi) is 3.58. The number of aryl methyl sites for hydroxylation is 1. The molecule has 1 heterocycles. The fourth-order valence-electron chi connectivity index (χ4n) is 2.51. The maximum atomic E-state index is 9.23. The highest BCUT2D eigenvalue weighted by molar-refractivity contribution is 5.60. The molecule has 1 aromatic carbocycles. The predicted molar refractivity (Wildman–Crippen MR) is 74.8 cm³/mol. The lowest BCUT2D eigenvalue weighted by molar-refractivity contribution is 0.305. The Labute approximate surface area is 109 Å². The van der Waals surface area contributed by atoms with E-state index in [1.165, 1.54) is 0 Å². The third-order valence-corrected chi connectivity index (χ3v) is 4.08. The van der Waals surface area contributed by atoms with Gasteiger partial charge in [0, 0.05) is 18.6 Å². The Balaban J connectivity index is 2.18. The molecular weight excluding hydrogens is 222 g/mol. The lowest BCUT2D eigenvalue weighted by atomic mass is 9.89. The van der Waals surface area contributed by atoms with Crippen molar-refractivity contribution < 1.29 is 0 Å². The summed E-state index contributed by atoms with van der Waals surface area (Å²) < 4.78 is 0. The van der Waals surface area contributed by atoms with Gasteiger partial charge in [0.2, 0.25) is 0 Å².